The van der Waals surface area contributed by atoms with Crippen molar-refractivity contribution >= 4 is 35.6 Å². The number of nitrogens with one attached hydrogen (secondary N) is 6. The van der Waals surface area contributed by atoms with Crippen LogP contribution in [0.5, 0.6) is 0 Å². The van der Waals surface area contributed by atoms with Gasteiger partial charge in [0.25, 0.3) is 5.96 Å². The summed E-state index contributed by atoms with van der Waals surface area (Å²) in [4.78, 5) is 73.6. The average molecular weight is 659 g/mol. The number of aliphatic hydroxyl groups is 1. The fourth-order valence-electron chi connectivity index (χ4n) is 3.79. The molecule has 3 amide bonds. The van der Waals surface area contributed by atoms with Gasteiger partial charge in [-0.25, -0.2) is 14.9 Å². The molecule has 3 atom stereocenters. The standard InChI is InChI=1S/C29H38N8O10/c30-21(12-7-13-32-29(31)36-37(44)45)26(41)33-15-24(39)34-22(14-25(40)46-17-19-8-3-1-4-9-19)27(42)35-23(16-38)28(43)47-18-20-10-5-2-6-11-20/h1-6,8-11,21-23,38H,7,12-18,30H2,(H,33,41)(H,34,39)(H,35,42)(H3,31,32,36)/t21-,22-,23-/m0/s1. The molecule has 0 aliphatic heterocycles. The zero-order chi connectivity index (χ0) is 34.6. The van der Waals surface area contributed by atoms with Crippen molar-refractivity contribution in [2.75, 3.05) is 19.7 Å². The molecule has 0 spiro atoms. The second-order valence-electron chi connectivity index (χ2n) is 9.94. The van der Waals surface area contributed by atoms with Gasteiger partial charge in [-0.05, 0) is 24.0 Å². The summed E-state index contributed by atoms with van der Waals surface area (Å²) in [6.45, 7) is -1.60. The van der Waals surface area contributed by atoms with Gasteiger partial charge in [-0.15, -0.1) is 0 Å². The van der Waals surface area contributed by atoms with Gasteiger partial charge in [-0.3, -0.25) is 24.6 Å². The van der Waals surface area contributed by atoms with Gasteiger partial charge < -0.3 is 41.6 Å². The number of nitrogens with zero attached hydrogens (tertiary/aromatic N) is 1. The summed E-state index contributed by atoms with van der Waals surface area (Å²) in [5.41, 5.74) is 8.77. The summed E-state index contributed by atoms with van der Waals surface area (Å²) < 4.78 is 10.4. The molecule has 47 heavy (non-hydrogen) atoms. The van der Waals surface area contributed by atoms with Gasteiger partial charge in [-0.2, -0.15) is 0 Å². The zero-order valence-corrected chi connectivity index (χ0v) is 25.3. The van der Waals surface area contributed by atoms with E-state index in [1.54, 1.807) is 66.1 Å². The average Bonchev–Trinajstić information content (AvgIpc) is 3.06. The number of hydrogen-bond acceptors (Lipinski definition) is 12. The van der Waals surface area contributed by atoms with E-state index >= 15 is 0 Å². The number of ether oxygens (including phenoxy) is 2. The molecule has 0 saturated heterocycles. The molecule has 0 aromatic heterocycles. The molecule has 18 nitrogen and oxygen atoms in total. The lowest BCUT2D eigenvalue weighted by atomic mass is 10.1. The monoisotopic (exact) mass is 658 g/mol. The number of rotatable bonds is 19. The van der Waals surface area contributed by atoms with Crippen molar-refractivity contribution in [3.05, 3.63) is 81.9 Å². The predicted octanol–water partition coefficient (Wildman–Crippen LogP) is -1.65. The van der Waals surface area contributed by atoms with E-state index < -0.39 is 78.4 Å². The molecule has 18 heteroatoms. The van der Waals surface area contributed by atoms with E-state index in [0.29, 0.717) is 11.1 Å². The largest absolute Gasteiger partial charge is 0.461 e. The number of carbonyl (C=O) groups excluding carboxylic acids is 5. The molecule has 0 fully saturated rings. The lowest BCUT2D eigenvalue weighted by Crippen LogP contribution is -2.55. The third-order valence-corrected chi connectivity index (χ3v) is 6.23. The van der Waals surface area contributed by atoms with Gasteiger partial charge >= 0.3 is 11.9 Å². The van der Waals surface area contributed by atoms with Crippen molar-refractivity contribution in [3.63, 3.8) is 0 Å². The first kappa shape index (κ1) is 37.6. The number of aliphatic hydroxyl groups excluding tert-OH is 1. The van der Waals surface area contributed by atoms with E-state index in [1.165, 1.54) is 0 Å². The Kier molecular flexibility index (Phi) is 16.3. The van der Waals surface area contributed by atoms with Crippen LogP contribution in [0.1, 0.15) is 30.4 Å². The van der Waals surface area contributed by atoms with Gasteiger partial charge in [0, 0.05) is 6.54 Å². The number of guanidine groups is 1. The fraction of sp³-hybridized carbons (Fsp3) is 0.379. The first-order valence-corrected chi connectivity index (χ1v) is 14.4. The summed E-state index contributed by atoms with van der Waals surface area (Å²) in [5.74, 6) is -4.95. The summed E-state index contributed by atoms with van der Waals surface area (Å²) in [6.07, 6.45) is -0.286. The minimum Gasteiger partial charge on any atom is -0.461 e. The number of esters is 2. The van der Waals surface area contributed by atoms with E-state index in [9.17, 15) is 39.2 Å². The summed E-state index contributed by atoms with van der Waals surface area (Å²) in [6, 6.07) is 13.2. The minimum atomic E-state index is -1.57. The SMILES string of the molecule is N=C(NCCC[C@H](N)C(=O)NCC(=O)N[C@@H](CC(=O)OCc1ccccc1)C(=O)N[C@@H](CO)C(=O)OCc1ccccc1)N[N+](=O)[O-]. The molecule has 2 aromatic rings. The Morgan fingerprint density at radius 2 is 1.47 bits per heavy atom. The second-order valence-corrected chi connectivity index (χ2v) is 9.94. The zero-order valence-electron chi connectivity index (χ0n) is 25.3. The Morgan fingerprint density at radius 3 is 2.04 bits per heavy atom. The number of amides is 3. The van der Waals surface area contributed by atoms with Gasteiger partial charge in [0.05, 0.1) is 25.6 Å². The topological polar surface area (TPSA) is 277 Å². The Morgan fingerprint density at radius 1 is 0.872 bits per heavy atom. The molecule has 2 aromatic carbocycles. The maximum absolute atomic E-state index is 13.1. The molecule has 0 unspecified atom stereocenters. The highest BCUT2D eigenvalue weighted by Crippen LogP contribution is 2.06. The van der Waals surface area contributed by atoms with Gasteiger partial charge in [0.1, 0.15) is 19.3 Å². The third kappa shape index (κ3) is 15.3. The lowest BCUT2D eigenvalue weighted by molar-refractivity contribution is -0.525. The van der Waals surface area contributed by atoms with Crippen LogP contribution in [0.25, 0.3) is 0 Å². The molecule has 0 radical (unpaired) electrons. The molecule has 0 aliphatic rings. The van der Waals surface area contributed by atoms with Crippen molar-refractivity contribution in [1.82, 2.24) is 26.7 Å². The normalized spacial score (nSPS) is 12.3. The van der Waals surface area contributed by atoms with Crippen LogP contribution in [0, 0.1) is 15.5 Å². The number of benzene rings is 2. The third-order valence-electron chi connectivity index (χ3n) is 6.23. The van der Waals surface area contributed by atoms with Crippen LogP contribution < -0.4 is 32.4 Å². The molecule has 0 heterocycles. The van der Waals surface area contributed by atoms with Crippen molar-refractivity contribution in [3.8, 4) is 0 Å². The van der Waals surface area contributed by atoms with Crippen LogP contribution in [0.2, 0.25) is 0 Å². The molecule has 2 rings (SSSR count). The van der Waals surface area contributed by atoms with E-state index in [4.69, 9.17) is 20.6 Å². The number of hydrogen-bond donors (Lipinski definition) is 8. The van der Waals surface area contributed by atoms with Crippen LogP contribution in [-0.4, -0.2) is 83.6 Å². The smallest absolute Gasteiger partial charge is 0.331 e. The molecule has 0 bridgehead atoms. The van der Waals surface area contributed by atoms with Crippen LogP contribution >= 0.6 is 0 Å². The lowest BCUT2D eigenvalue weighted by Gasteiger charge is -2.21. The number of nitro groups is 1. The van der Waals surface area contributed by atoms with Crippen molar-refractivity contribution in [2.24, 2.45) is 5.73 Å². The van der Waals surface area contributed by atoms with Crippen molar-refractivity contribution in [2.45, 2.75) is 50.6 Å². The molecule has 0 aliphatic carbocycles. The van der Waals surface area contributed by atoms with E-state index in [0.717, 1.165) is 0 Å². The molecule has 0 saturated carbocycles. The van der Waals surface area contributed by atoms with Crippen LogP contribution in [0.4, 0.5) is 0 Å². The quantitative estimate of drug-likeness (QED) is 0.0210. The maximum Gasteiger partial charge on any atom is 0.331 e. The first-order valence-electron chi connectivity index (χ1n) is 14.4. The molecule has 9 N–H and O–H groups in total. The van der Waals surface area contributed by atoms with Crippen LogP contribution in [0.15, 0.2) is 60.7 Å². The minimum absolute atomic E-state index is 0.104. The maximum atomic E-state index is 13.1. The molecular formula is C29H38N8O10. The van der Waals surface area contributed by atoms with E-state index in [-0.39, 0.29) is 32.6 Å². The van der Waals surface area contributed by atoms with Crippen molar-refractivity contribution < 1.29 is 43.6 Å². The highest BCUT2D eigenvalue weighted by atomic mass is 16.7. The molecular weight excluding hydrogens is 620 g/mol. The van der Waals surface area contributed by atoms with Crippen LogP contribution in [-0.2, 0) is 46.7 Å². The Labute approximate surface area is 269 Å². The van der Waals surface area contributed by atoms with Gasteiger partial charge in [-0.1, -0.05) is 66.1 Å². The Bertz CT molecular complexity index is 1360. The predicted molar refractivity (Wildman–Crippen MR) is 164 cm³/mol. The second kappa shape index (κ2) is 20.4. The van der Waals surface area contributed by atoms with Crippen LogP contribution in [0.3, 0.4) is 0 Å². The number of carbonyl (C=O) groups is 5. The molecule has 254 valence electrons. The number of nitrogens with two attached hydrogens (primary N) is 1. The highest BCUT2D eigenvalue weighted by Gasteiger charge is 2.30. The number of hydrazine groups is 1. The highest BCUT2D eigenvalue weighted by molar-refractivity contribution is 5.94. The van der Waals surface area contributed by atoms with Gasteiger partial charge in [0.2, 0.25) is 17.7 Å². The van der Waals surface area contributed by atoms with Crippen molar-refractivity contribution in [1.29, 1.82) is 5.41 Å². The van der Waals surface area contributed by atoms with E-state index in [1.807, 2.05) is 0 Å². The summed E-state index contributed by atoms with van der Waals surface area (Å²) in [5, 5.41) is 35.7. The Hall–Kier alpha value is -5.62. The fourth-order valence-corrected chi connectivity index (χ4v) is 3.79. The van der Waals surface area contributed by atoms with E-state index in [2.05, 4.69) is 21.3 Å². The summed E-state index contributed by atoms with van der Waals surface area (Å²) >= 11 is 0. The van der Waals surface area contributed by atoms with Gasteiger partial charge in [0.15, 0.2) is 11.1 Å². The summed E-state index contributed by atoms with van der Waals surface area (Å²) in [7, 11) is 0. The Balaban J connectivity index is 1.95. The first-order chi connectivity index (χ1) is 22.5.